The zero-order valence-electron chi connectivity index (χ0n) is 10.9. The third-order valence-electron chi connectivity index (χ3n) is 1.88. The standard InChI is InChI=1S/C7H16N2.2C2H6.B/c1-7(2)9-5-3-8-4-6-9;2*1-2;/h7-8H,3-6H2,1-2H3;2*1-2H3;. The number of nitrogens with one attached hydrogen (secondary N) is 1. The average molecular weight is 199 g/mol. The molecule has 85 valence electrons. The van der Waals surface area contributed by atoms with E-state index in [1.807, 2.05) is 27.7 Å². The number of nitrogens with zero attached hydrogens (tertiary/aromatic N) is 1. The lowest BCUT2D eigenvalue weighted by Crippen LogP contribution is -2.46. The Balaban J connectivity index is -0.000000216. The highest BCUT2D eigenvalue weighted by Gasteiger charge is 2.11. The largest absolute Gasteiger partial charge is 0.314 e. The predicted molar refractivity (Wildman–Crippen MR) is 68.0 cm³/mol. The summed E-state index contributed by atoms with van der Waals surface area (Å²) in [6.45, 7) is 17.3. The van der Waals surface area contributed by atoms with Crippen LogP contribution in [0.3, 0.4) is 0 Å². The van der Waals surface area contributed by atoms with Gasteiger partial charge >= 0.3 is 0 Å². The normalized spacial score (nSPS) is 15.6. The van der Waals surface area contributed by atoms with E-state index in [0.29, 0.717) is 0 Å². The lowest BCUT2D eigenvalue weighted by atomic mass is 10.3. The minimum Gasteiger partial charge on any atom is -0.314 e. The van der Waals surface area contributed by atoms with E-state index in [1.165, 1.54) is 13.1 Å². The third-order valence-corrected chi connectivity index (χ3v) is 1.88. The van der Waals surface area contributed by atoms with Gasteiger partial charge in [0, 0.05) is 40.6 Å². The van der Waals surface area contributed by atoms with Gasteiger partial charge in [0.05, 0.1) is 0 Å². The summed E-state index contributed by atoms with van der Waals surface area (Å²) in [6.07, 6.45) is 0. The van der Waals surface area contributed by atoms with Crippen molar-refractivity contribution in [1.82, 2.24) is 10.2 Å². The molecule has 0 aromatic heterocycles. The molecule has 0 saturated carbocycles. The van der Waals surface area contributed by atoms with E-state index >= 15 is 0 Å². The van der Waals surface area contributed by atoms with E-state index in [9.17, 15) is 0 Å². The van der Waals surface area contributed by atoms with Crippen molar-refractivity contribution >= 4 is 8.41 Å². The highest BCUT2D eigenvalue weighted by atomic mass is 15.2. The van der Waals surface area contributed by atoms with Gasteiger partial charge < -0.3 is 5.32 Å². The molecule has 1 N–H and O–H groups in total. The van der Waals surface area contributed by atoms with Gasteiger partial charge in [-0.1, -0.05) is 27.7 Å². The van der Waals surface area contributed by atoms with Crippen LogP contribution in [-0.2, 0) is 0 Å². The summed E-state index contributed by atoms with van der Waals surface area (Å²) < 4.78 is 0. The molecule has 0 aliphatic carbocycles. The van der Waals surface area contributed by atoms with Crippen molar-refractivity contribution in [2.45, 2.75) is 47.6 Å². The van der Waals surface area contributed by atoms with Crippen LogP contribution in [0.5, 0.6) is 0 Å². The lowest BCUT2D eigenvalue weighted by molar-refractivity contribution is 0.196. The SMILES string of the molecule is CC.CC.CC(C)N1CCNCC1.[B]. The molecule has 0 aromatic rings. The van der Waals surface area contributed by atoms with Crippen LogP contribution in [0.2, 0.25) is 0 Å². The van der Waals surface area contributed by atoms with Crippen LogP contribution < -0.4 is 5.32 Å². The second-order valence-electron chi connectivity index (χ2n) is 2.88. The van der Waals surface area contributed by atoms with Gasteiger partial charge in [0.25, 0.3) is 0 Å². The van der Waals surface area contributed by atoms with Gasteiger partial charge in [-0.15, -0.1) is 0 Å². The maximum absolute atomic E-state index is 3.33. The van der Waals surface area contributed by atoms with Gasteiger partial charge in [-0.05, 0) is 13.8 Å². The Labute approximate surface area is 93.0 Å². The molecule has 0 unspecified atom stereocenters. The number of hydrogen-bond acceptors (Lipinski definition) is 2. The van der Waals surface area contributed by atoms with Crippen molar-refractivity contribution in [3.05, 3.63) is 0 Å². The fraction of sp³-hybridized carbons (Fsp3) is 1.00. The van der Waals surface area contributed by atoms with E-state index in [0.717, 1.165) is 19.1 Å². The smallest absolute Gasteiger partial charge is 0.0110 e. The van der Waals surface area contributed by atoms with E-state index in [-0.39, 0.29) is 8.41 Å². The molecule has 3 heteroatoms. The van der Waals surface area contributed by atoms with Crippen molar-refractivity contribution in [2.24, 2.45) is 0 Å². The molecule has 1 rings (SSSR count). The van der Waals surface area contributed by atoms with Crippen LogP contribution in [0, 0.1) is 0 Å². The number of hydrogen-bond donors (Lipinski definition) is 1. The van der Waals surface area contributed by atoms with E-state index in [2.05, 4.69) is 24.1 Å². The molecular formula is C11H28BN2. The summed E-state index contributed by atoms with van der Waals surface area (Å²) in [7, 11) is 0. The highest BCUT2D eigenvalue weighted by molar-refractivity contribution is 5.75. The molecule has 1 aliphatic heterocycles. The lowest BCUT2D eigenvalue weighted by Gasteiger charge is -2.30. The maximum atomic E-state index is 3.33. The summed E-state index contributed by atoms with van der Waals surface area (Å²) >= 11 is 0. The zero-order valence-corrected chi connectivity index (χ0v) is 10.9. The van der Waals surface area contributed by atoms with Gasteiger partial charge in [0.1, 0.15) is 0 Å². The third kappa shape index (κ3) is 10.1. The molecule has 0 aromatic carbocycles. The van der Waals surface area contributed by atoms with Gasteiger partial charge in [0.2, 0.25) is 0 Å². The average Bonchev–Trinajstić information content (AvgIpc) is 2.25. The molecule has 1 fully saturated rings. The van der Waals surface area contributed by atoms with E-state index in [4.69, 9.17) is 0 Å². The molecule has 0 spiro atoms. The highest BCUT2D eigenvalue weighted by Crippen LogP contribution is 1.97. The summed E-state index contributed by atoms with van der Waals surface area (Å²) in [5.74, 6) is 0. The fourth-order valence-electron chi connectivity index (χ4n) is 1.20. The molecule has 3 radical (unpaired) electrons. The summed E-state index contributed by atoms with van der Waals surface area (Å²) in [5, 5.41) is 3.33. The number of piperazine rings is 1. The van der Waals surface area contributed by atoms with Crippen molar-refractivity contribution in [2.75, 3.05) is 26.2 Å². The topological polar surface area (TPSA) is 15.3 Å². The van der Waals surface area contributed by atoms with Gasteiger partial charge in [0.15, 0.2) is 0 Å². The first kappa shape index (κ1) is 19.5. The van der Waals surface area contributed by atoms with Crippen LogP contribution in [0.15, 0.2) is 0 Å². The summed E-state index contributed by atoms with van der Waals surface area (Å²) in [5.41, 5.74) is 0. The molecule has 14 heavy (non-hydrogen) atoms. The van der Waals surface area contributed by atoms with Crippen LogP contribution in [-0.4, -0.2) is 45.5 Å². The first-order chi connectivity index (χ1) is 6.30. The first-order valence-electron chi connectivity index (χ1n) is 5.75. The van der Waals surface area contributed by atoms with Crippen LogP contribution in [0.1, 0.15) is 41.5 Å². The minimum absolute atomic E-state index is 0. The zero-order chi connectivity index (χ0) is 10.7. The molecule has 1 aliphatic rings. The second kappa shape index (κ2) is 15.5. The first-order valence-corrected chi connectivity index (χ1v) is 5.75. The fourth-order valence-corrected chi connectivity index (χ4v) is 1.20. The quantitative estimate of drug-likeness (QED) is 0.649. The summed E-state index contributed by atoms with van der Waals surface area (Å²) in [6, 6.07) is 0.729. The molecule has 2 nitrogen and oxygen atoms in total. The Morgan fingerprint density at radius 2 is 1.29 bits per heavy atom. The van der Waals surface area contributed by atoms with Crippen LogP contribution in [0.4, 0.5) is 0 Å². The molecule has 0 atom stereocenters. The van der Waals surface area contributed by atoms with Crippen LogP contribution in [0.25, 0.3) is 0 Å². The van der Waals surface area contributed by atoms with Crippen LogP contribution >= 0.6 is 0 Å². The molecule has 0 bridgehead atoms. The monoisotopic (exact) mass is 199 g/mol. The number of rotatable bonds is 1. The predicted octanol–water partition coefficient (Wildman–Crippen LogP) is 1.97. The van der Waals surface area contributed by atoms with E-state index in [1.54, 1.807) is 0 Å². The molecule has 1 saturated heterocycles. The van der Waals surface area contributed by atoms with Gasteiger partial charge in [-0.25, -0.2) is 0 Å². The minimum atomic E-state index is 0. The Kier molecular flexibility index (Phi) is 21.6. The van der Waals surface area contributed by atoms with Gasteiger partial charge in [-0.3, -0.25) is 4.90 Å². The van der Waals surface area contributed by atoms with E-state index < -0.39 is 0 Å². The van der Waals surface area contributed by atoms with Crippen molar-refractivity contribution in [1.29, 1.82) is 0 Å². The van der Waals surface area contributed by atoms with Crippen molar-refractivity contribution in [3.8, 4) is 0 Å². The van der Waals surface area contributed by atoms with Crippen molar-refractivity contribution < 1.29 is 0 Å². The Hall–Kier alpha value is -0.0151. The Morgan fingerprint density at radius 3 is 1.50 bits per heavy atom. The Morgan fingerprint density at radius 1 is 0.929 bits per heavy atom. The summed E-state index contributed by atoms with van der Waals surface area (Å²) in [4.78, 5) is 2.50. The second-order valence-corrected chi connectivity index (χ2v) is 2.88. The maximum Gasteiger partial charge on any atom is 0.0110 e. The van der Waals surface area contributed by atoms with Crippen molar-refractivity contribution in [3.63, 3.8) is 0 Å². The molecule has 0 amide bonds. The van der Waals surface area contributed by atoms with Gasteiger partial charge in [-0.2, -0.15) is 0 Å². The Bertz CT molecular complexity index is 81.4. The molecule has 1 heterocycles. The molecular weight excluding hydrogens is 171 g/mol.